The number of allylic oxidation sites excluding steroid dienone is 1. The highest BCUT2D eigenvalue weighted by Crippen LogP contribution is 2.11. The molecule has 1 aliphatic carbocycles. The van der Waals surface area contributed by atoms with Gasteiger partial charge >= 0.3 is 0 Å². The van der Waals surface area contributed by atoms with Crippen LogP contribution >= 0.6 is 0 Å². The third kappa shape index (κ3) is 2.67. The van der Waals surface area contributed by atoms with Crippen LogP contribution < -0.4 is 5.32 Å². The zero-order chi connectivity index (χ0) is 9.64. The summed E-state index contributed by atoms with van der Waals surface area (Å²) in [6.45, 7) is 0.959. The maximum atomic E-state index is 4.00. The van der Waals surface area contributed by atoms with Crippen LogP contribution in [0, 0.1) is 0 Å². The highest BCUT2D eigenvalue weighted by atomic mass is 14.9. The minimum atomic E-state index is 0.660. The molecule has 0 aliphatic heterocycles. The molecule has 1 aliphatic rings. The van der Waals surface area contributed by atoms with E-state index in [0.29, 0.717) is 6.04 Å². The highest BCUT2D eigenvalue weighted by Gasteiger charge is 2.07. The number of pyridine rings is 1. The summed E-state index contributed by atoms with van der Waals surface area (Å²) < 4.78 is 0. The molecule has 1 atom stereocenters. The molecule has 0 fully saturated rings. The Hall–Kier alpha value is -1.15. The Morgan fingerprint density at radius 1 is 1.29 bits per heavy atom. The molecule has 1 aromatic heterocycles. The van der Waals surface area contributed by atoms with Crippen LogP contribution in [0.15, 0.2) is 36.7 Å². The van der Waals surface area contributed by atoms with Gasteiger partial charge < -0.3 is 5.32 Å². The van der Waals surface area contributed by atoms with E-state index in [1.54, 1.807) is 0 Å². The fraction of sp³-hybridized carbons (Fsp3) is 0.417. The molecule has 14 heavy (non-hydrogen) atoms. The van der Waals surface area contributed by atoms with Crippen molar-refractivity contribution in [3.63, 3.8) is 0 Å². The van der Waals surface area contributed by atoms with Gasteiger partial charge in [-0.2, -0.15) is 0 Å². The number of hydrogen-bond acceptors (Lipinski definition) is 2. The van der Waals surface area contributed by atoms with E-state index in [2.05, 4.69) is 34.6 Å². The molecule has 1 heterocycles. The molecule has 1 aromatic rings. The van der Waals surface area contributed by atoms with Crippen molar-refractivity contribution in [3.8, 4) is 0 Å². The first-order valence-corrected chi connectivity index (χ1v) is 5.22. The molecule has 0 amide bonds. The van der Waals surface area contributed by atoms with E-state index in [4.69, 9.17) is 0 Å². The minimum absolute atomic E-state index is 0.660. The normalized spacial score (nSPS) is 21.0. The molecule has 2 rings (SSSR count). The first kappa shape index (κ1) is 9.41. The lowest BCUT2D eigenvalue weighted by Crippen LogP contribution is -2.29. The van der Waals surface area contributed by atoms with E-state index in [0.717, 1.165) is 6.54 Å². The summed E-state index contributed by atoms with van der Waals surface area (Å²) >= 11 is 0. The van der Waals surface area contributed by atoms with Gasteiger partial charge in [-0.25, -0.2) is 0 Å². The fourth-order valence-corrected chi connectivity index (χ4v) is 1.74. The first-order valence-electron chi connectivity index (χ1n) is 5.22. The summed E-state index contributed by atoms with van der Waals surface area (Å²) in [4.78, 5) is 4.00. The molecule has 0 aromatic carbocycles. The van der Waals surface area contributed by atoms with Crippen LogP contribution in [0.4, 0.5) is 0 Å². The van der Waals surface area contributed by atoms with Gasteiger partial charge in [0.2, 0.25) is 0 Å². The predicted octanol–water partition coefficient (Wildman–Crippen LogP) is 2.28. The van der Waals surface area contributed by atoms with E-state index in [1.165, 1.54) is 24.8 Å². The number of nitrogens with zero attached hydrogens (tertiary/aromatic N) is 1. The standard InChI is InChI=1S/C12H16N2/c1-2-4-12(5-3-1)14-10-11-6-8-13-9-7-11/h1-2,6-9,12,14H,3-5,10H2. The number of aromatic nitrogens is 1. The lowest BCUT2D eigenvalue weighted by Gasteiger charge is -2.19. The fourth-order valence-electron chi connectivity index (χ4n) is 1.74. The van der Waals surface area contributed by atoms with Gasteiger partial charge in [0.05, 0.1) is 0 Å². The van der Waals surface area contributed by atoms with Gasteiger partial charge in [-0.05, 0) is 37.0 Å². The Morgan fingerprint density at radius 2 is 2.14 bits per heavy atom. The lowest BCUT2D eigenvalue weighted by molar-refractivity contribution is 0.474. The van der Waals surface area contributed by atoms with E-state index in [1.807, 2.05) is 12.4 Å². The average molecular weight is 188 g/mol. The molecule has 2 nitrogen and oxygen atoms in total. The van der Waals surface area contributed by atoms with Crippen molar-refractivity contribution in [1.29, 1.82) is 0 Å². The van der Waals surface area contributed by atoms with Crippen LogP contribution in [0.5, 0.6) is 0 Å². The predicted molar refractivity (Wildman–Crippen MR) is 57.9 cm³/mol. The van der Waals surface area contributed by atoms with Crippen molar-refractivity contribution in [2.75, 3.05) is 0 Å². The maximum absolute atomic E-state index is 4.00. The molecule has 0 spiro atoms. The van der Waals surface area contributed by atoms with E-state index in [9.17, 15) is 0 Å². The molecule has 0 saturated carbocycles. The minimum Gasteiger partial charge on any atom is -0.310 e. The molecular formula is C12H16N2. The van der Waals surface area contributed by atoms with Crippen LogP contribution in [0.25, 0.3) is 0 Å². The van der Waals surface area contributed by atoms with Crippen LogP contribution in [0.2, 0.25) is 0 Å². The van der Waals surface area contributed by atoms with Crippen molar-refractivity contribution in [2.45, 2.75) is 31.8 Å². The molecule has 1 unspecified atom stereocenters. The molecule has 74 valence electrons. The molecule has 2 heteroatoms. The second-order valence-electron chi connectivity index (χ2n) is 3.72. The van der Waals surface area contributed by atoms with Gasteiger partial charge in [0, 0.05) is 25.0 Å². The summed E-state index contributed by atoms with van der Waals surface area (Å²) in [5.41, 5.74) is 1.31. The smallest absolute Gasteiger partial charge is 0.0271 e. The van der Waals surface area contributed by atoms with E-state index in [-0.39, 0.29) is 0 Å². The van der Waals surface area contributed by atoms with Gasteiger partial charge in [0.25, 0.3) is 0 Å². The van der Waals surface area contributed by atoms with Crippen LogP contribution in [-0.2, 0) is 6.54 Å². The molecule has 0 radical (unpaired) electrons. The zero-order valence-electron chi connectivity index (χ0n) is 8.32. The van der Waals surface area contributed by atoms with Gasteiger partial charge in [-0.15, -0.1) is 0 Å². The summed E-state index contributed by atoms with van der Waals surface area (Å²) in [7, 11) is 0. The zero-order valence-corrected chi connectivity index (χ0v) is 8.32. The SMILES string of the molecule is C1=CCC(NCc2ccncc2)CC1. The largest absolute Gasteiger partial charge is 0.310 e. The number of rotatable bonds is 3. The number of nitrogens with one attached hydrogen (secondary N) is 1. The quantitative estimate of drug-likeness (QED) is 0.736. The summed E-state index contributed by atoms with van der Waals surface area (Å²) in [6, 6.07) is 4.78. The summed E-state index contributed by atoms with van der Waals surface area (Å²) in [6.07, 6.45) is 11.9. The Kier molecular flexibility index (Phi) is 3.30. The van der Waals surface area contributed by atoms with Crippen molar-refractivity contribution < 1.29 is 0 Å². The second-order valence-corrected chi connectivity index (χ2v) is 3.72. The van der Waals surface area contributed by atoms with Crippen molar-refractivity contribution in [1.82, 2.24) is 10.3 Å². The number of hydrogen-bond donors (Lipinski definition) is 1. The van der Waals surface area contributed by atoms with E-state index >= 15 is 0 Å². The Balaban J connectivity index is 1.80. The second kappa shape index (κ2) is 4.91. The third-order valence-electron chi connectivity index (χ3n) is 2.61. The monoisotopic (exact) mass is 188 g/mol. The summed E-state index contributed by atoms with van der Waals surface area (Å²) in [5, 5.41) is 3.56. The van der Waals surface area contributed by atoms with Gasteiger partial charge in [-0.1, -0.05) is 12.2 Å². The lowest BCUT2D eigenvalue weighted by atomic mass is 10.0. The molecule has 0 saturated heterocycles. The first-order chi connectivity index (χ1) is 6.95. The summed E-state index contributed by atoms with van der Waals surface area (Å²) in [5.74, 6) is 0. The van der Waals surface area contributed by atoms with Gasteiger partial charge in [0.15, 0.2) is 0 Å². The Labute approximate surface area is 85.1 Å². The molecular weight excluding hydrogens is 172 g/mol. The highest BCUT2D eigenvalue weighted by molar-refractivity contribution is 5.09. The third-order valence-corrected chi connectivity index (χ3v) is 2.61. The van der Waals surface area contributed by atoms with Crippen molar-refractivity contribution >= 4 is 0 Å². The van der Waals surface area contributed by atoms with Crippen molar-refractivity contribution in [3.05, 3.63) is 42.2 Å². The van der Waals surface area contributed by atoms with Crippen LogP contribution in [0.3, 0.4) is 0 Å². The molecule has 0 bridgehead atoms. The Bertz CT molecular complexity index is 292. The maximum Gasteiger partial charge on any atom is 0.0271 e. The Morgan fingerprint density at radius 3 is 2.86 bits per heavy atom. The van der Waals surface area contributed by atoms with E-state index < -0.39 is 0 Å². The van der Waals surface area contributed by atoms with Crippen molar-refractivity contribution in [2.24, 2.45) is 0 Å². The topological polar surface area (TPSA) is 24.9 Å². The van der Waals surface area contributed by atoms with Gasteiger partial charge in [-0.3, -0.25) is 4.98 Å². The average Bonchev–Trinajstić information content (AvgIpc) is 2.29. The van der Waals surface area contributed by atoms with Crippen LogP contribution in [0.1, 0.15) is 24.8 Å². The van der Waals surface area contributed by atoms with Gasteiger partial charge in [0.1, 0.15) is 0 Å². The van der Waals surface area contributed by atoms with Crippen LogP contribution in [-0.4, -0.2) is 11.0 Å². The molecule has 1 N–H and O–H groups in total.